The molecule has 0 bridgehead atoms. The van der Waals surface area contributed by atoms with Gasteiger partial charge in [-0.3, -0.25) is 0 Å². The molecule has 6 heteroatoms. The van der Waals surface area contributed by atoms with Gasteiger partial charge in [0.1, 0.15) is 9.84 Å². The van der Waals surface area contributed by atoms with Gasteiger partial charge in [-0.15, -0.1) is 0 Å². The summed E-state index contributed by atoms with van der Waals surface area (Å²) in [5.74, 6) is 0.676. The van der Waals surface area contributed by atoms with Crippen molar-refractivity contribution >= 4 is 9.84 Å². The van der Waals surface area contributed by atoms with Crippen LogP contribution in [-0.2, 0) is 19.3 Å². The number of ether oxygens (including phenoxy) is 2. The molecule has 0 aliphatic carbocycles. The number of hydrogen-bond donors (Lipinski definition) is 1. The molecule has 0 spiro atoms. The van der Waals surface area contributed by atoms with E-state index in [4.69, 9.17) is 9.47 Å². The predicted molar refractivity (Wildman–Crippen MR) is 71.6 cm³/mol. The van der Waals surface area contributed by atoms with Crippen molar-refractivity contribution in [3.63, 3.8) is 0 Å². The Kier molecular flexibility index (Phi) is 7.81. The van der Waals surface area contributed by atoms with Crippen molar-refractivity contribution in [2.75, 3.05) is 45.0 Å². The molecule has 1 N–H and O–H groups in total. The van der Waals surface area contributed by atoms with Crippen LogP contribution in [0.25, 0.3) is 0 Å². The monoisotopic (exact) mass is 279 g/mol. The molecule has 0 amide bonds. The molecule has 0 saturated carbocycles. The highest BCUT2D eigenvalue weighted by Crippen LogP contribution is 2.11. The van der Waals surface area contributed by atoms with Crippen LogP contribution in [0, 0.1) is 0 Å². The molecule has 0 aromatic rings. The van der Waals surface area contributed by atoms with Crippen molar-refractivity contribution < 1.29 is 17.9 Å². The minimum Gasteiger partial charge on any atom is -0.382 e. The number of nitrogens with one attached hydrogen (secondary N) is 1. The first-order valence-corrected chi connectivity index (χ1v) is 8.47. The SMILES string of the molecule is COCCOCCCCNC1CCS(=O)(=O)CC1. The van der Waals surface area contributed by atoms with Gasteiger partial charge in [-0.2, -0.15) is 0 Å². The molecular weight excluding hydrogens is 254 g/mol. The molecular formula is C12H25NO4S. The molecule has 1 heterocycles. The lowest BCUT2D eigenvalue weighted by atomic mass is 10.1. The first kappa shape index (κ1) is 15.9. The topological polar surface area (TPSA) is 64.6 Å². The molecule has 1 fully saturated rings. The summed E-state index contributed by atoms with van der Waals surface area (Å²) in [5.41, 5.74) is 0. The summed E-state index contributed by atoms with van der Waals surface area (Å²) < 4.78 is 32.7. The number of hydrogen-bond acceptors (Lipinski definition) is 5. The van der Waals surface area contributed by atoms with E-state index in [0.717, 1.165) is 38.8 Å². The van der Waals surface area contributed by atoms with Gasteiger partial charge in [-0.05, 0) is 32.2 Å². The van der Waals surface area contributed by atoms with E-state index in [1.54, 1.807) is 7.11 Å². The first-order valence-electron chi connectivity index (χ1n) is 6.64. The average molecular weight is 279 g/mol. The zero-order valence-corrected chi connectivity index (χ0v) is 12.0. The summed E-state index contributed by atoms with van der Waals surface area (Å²) in [5, 5.41) is 3.42. The highest BCUT2D eigenvalue weighted by molar-refractivity contribution is 7.91. The Labute approximate surface area is 110 Å². The Hall–Kier alpha value is -0.170. The van der Waals surface area contributed by atoms with Crippen LogP contribution in [0.1, 0.15) is 25.7 Å². The lowest BCUT2D eigenvalue weighted by Crippen LogP contribution is -2.37. The third kappa shape index (κ3) is 7.31. The van der Waals surface area contributed by atoms with E-state index in [2.05, 4.69) is 5.32 Å². The minimum absolute atomic E-state index is 0.338. The van der Waals surface area contributed by atoms with E-state index in [0.29, 0.717) is 30.8 Å². The van der Waals surface area contributed by atoms with Gasteiger partial charge in [0.05, 0.1) is 24.7 Å². The molecule has 0 atom stereocenters. The zero-order valence-electron chi connectivity index (χ0n) is 11.2. The maximum absolute atomic E-state index is 11.2. The maximum Gasteiger partial charge on any atom is 0.150 e. The van der Waals surface area contributed by atoms with Crippen molar-refractivity contribution in [3.8, 4) is 0 Å². The maximum atomic E-state index is 11.2. The normalized spacial score (nSPS) is 20.1. The van der Waals surface area contributed by atoms with Crippen molar-refractivity contribution in [1.82, 2.24) is 5.32 Å². The van der Waals surface area contributed by atoms with Crippen LogP contribution in [0.15, 0.2) is 0 Å². The fourth-order valence-electron chi connectivity index (χ4n) is 1.97. The molecule has 5 nitrogen and oxygen atoms in total. The molecule has 1 aliphatic heterocycles. The van der Waals surface area contributed by atoms with E-state index < -0.39 is 9.84 Å². The standard InChI is InChI=1S/C12H25NO4S/c1-16-8-9-17-7-3-2-6-13-12-4-10-18(14,15)11-5-12/h12-13H,2-11H2,1H3. The molecule has 0 radical (unpaired) electrons. The fourth-order valence-corrected chi connectivity index (χ4v) is 3.47. The quantitative estimate of drug-likeness (QED) is 0.626. The Morgan fingerprint density at radius 1 is 1.11 bits per heavy atom. The third-order valence-corrected chi connectivity index (χ3v) is 4.85. The lowest BCUT2D eigenvalue weighted by molar-refractivity contribution is 0.0687. The van der Waals surface area contributed by atoms with Crippen LogP contribution >= 0.6 is 0 Å². The Balaban J connectivity index is 1.90. The highest BCUT2D eigenvalue weighted by atomic mass is 32.2. The van der Waals surface area contributed by atoms with Crippen LogP contribution in [0.5, 0.6) is 0 Å². The third-order valence-electron chi connectivity index (χ3n) is 3.13. The van der Waals surface area contributed by atoms with E-state index in [-0.39, 0.29) is 0 Å². The van der Waals surface area contributed by atoms with Crippen LogP contribution in [0.2, 0.25) is 0 Å². The Morgan fingerprint density at radius 3 is 2.50 bits per heavy atom. The molecule has 18 heavy (non-hydrogen) atoms. The van der Waals surface area contributed by atoms with Crippen molar-refractivity contribution in [2.24, 2.45) is 0 Å². The van der Waals surface area contributed by atoms with Gasteiger partial charge in [-0.25, -0.2) is 8.42 Å². The molecule has 108 valence electrons. The van der Waals surface area contributed by atoms with E-state index >= 15 is 0 Å². The van der Waals surface area contributed by atoms with E-state index in [1.807, 2.05) is 0 Å². The number of unbranched alkanes of at least 4 members (excludes halogenated alkanes) is 1. The van der Waals surface area contributed by atoms with Crippen LogP contribution in [-0.4, -0.2) is 59.4 Å². The van der Waals surface area contributed by atoms with Gasteiger partial charge >= 0.3 is 0 Å². The largest absolute Gasteiger partial charge is 0.382 e. The van der Waals surface area contributed by atoms with Crippen LogP contribution in [0.3, 0.4) is 0 Å². The van der Waals surface area contributed by atoms with E-state index in [9.17, 15) is 8.42 Å². The first-order chi connectivity index (χ1) is 8.64. The second-order valence-electron chi connectivity index (χ2n) is 4.69. The van der Waals surface area contributed by atoms with Crippen molar-refractivity contribution in [1.29, 1.82) is 0 Å². The van der Waals surface area contributed by atoms with Gasteiger partial charge in [0.15, 0.2) is 0 Å². The van der Waals surface area contributed by atoms with Gasteiger partial charge < -0.3 is 14.8 Å². The van der Waals surface area contributed by atoms with E-state index in [1.165, 1.54) is 0 Å². The number of rotatable bonds is 9. The smallest absolute Gasteiger partial charge is 0.150 e. The molecule has 0 unspecified atom stereocenters. The zero-order chi connectivity index (χ0) is 13.3. The van der Waals surface area contributed by atoms with Crippen molar-refractivity contribution in [3.05, 3.63) is 0 Å². The summed E-state index contributed by atoms with van der Waals surface area (Å²) in [4.78, 5) is 0. The average Bonchev–Trinajstić information content (AvgIpc) is 2.34. The fraction of sp³-hybridized carbons (Fsp3) is 1.00. The van der Waals surface area contributed by atoms with Crippen molar-refractivity contribution in [2.45, 2.75) is 31.7 Å². The molecule has 1 rings (SSSR count). The predicted octanol–water partition coefficient (Wildman–Crippen LogP) is 0.596. The molecule has 0 aromatic heterocycles. The molecule has 0 aromatic carbocycles. The Bertz CT molecular complexity index is 291. The molecule has 1 aliphatic rings. The second kappa shape index (κ2) is 8.85. The summed E-state index contributed by atoms with van der Waals surface area (Å²) in [7, 11) is -1.07. The van der Waals surface area contributed by atoms with Crippen LogP contribution < -0.4 is 5.32 Å². The lowest BCUT2D eigenvalue weighted by Gasteiger charge is -2.23. The number of methoxy groups -OCH3 is 1. The van der Waals surface area contributed by atoms with Gasteiger partial charge in [0, 0.05) is 19.8 Å². The van der Waals surface area contributed by atoms with Gasteiger partial charge in [0.25, 0.3) is 0 Å². The Morgan fingerprint density at radius 2 is 1.83 bits per heavy atom. The summed E-state index contributed by atoms with van der Waals surface area (Å²) >= 11 is 0. The molecule has 1 saturated heterocycles. The van der Waals surface area contributed by atoms with Gasteiger partial charge in [-0.1, -0.05) is 0 Å². The minimum atomic E-state index is -2.74. The van der Waals surface area contributed by atoms with Gasteiger partial charge in [0.2, 0.25) is 0 Å². The second-order valence-corrected chi connectivity index (χ2v) is 7.00. The number of sulfone groups is 1. The summed E-state index contributed by atoms with van der Waals surface area (Å²) in [6, 6.07) is 0.378. The highest BCUT2D eigenvalue weighted by Gasteiger charge is 2.22. The van der Waals surface area contributed by atoms with Crippen LogP contribution in [0.4, 0.5) is 0 Å². The summed E-state index contributed by atoms with van der Waals surface area (Å²) in [6.45, 7) is 3.02. The summed E-state index contributed by atoms with van der Waals surface area (Å²) in [6.07, 6.45) is 3.61.